The molecule has 0 unspecified atom stereocenters. The maximum Gasteiger partial charge on any atom is 0.266 e. The van der Waals surface area contributed by atoms with Gasteiger partial charge in [0.1, 0.15) is 11.8 Å². The zero-order chi connectivity index (χ0) is 12.1. The molecule has 0 saturated heterocycles. The van der Waals surface area contributed by atoms with Gasteiger partial charge in [0.05, 0.1) is 23.7 Å². The maximum atomic E-state index is 12.7. The monoisotopic (exact) mass is 222 g/mol. The van der Waals surface area contributed by atoms with Crippen LogP contribution in [0.2, 0.25) is 0 Å². The van der Waals surface area contributed by atoms with E-state index in [9.17, 15) is 8.78 Å². The number of hydrogen-bond donors (Lipinski definition) is 1. The van der Waals surface area contributed by atoms with Gasteiger partial charge in [-0.1, -0.05) is 0 Å². The van der Waals surface area contributed by atoms with E-state index in [1.165, 1.54) is 6.07 Å². The lowest BCUT2D eigenvalue weighted by molar-refractivity contribution is 0.149. The number of alkyl halides is 2. The average Bonchev–Trinajstić information content (AvgIpc) is 2.27. The molecule has 0 aliphatic heterocycles. The van der Waals surface area contributed by atoms with E-state index in [-0.39, 0.29) is 24.2 Å². The topological polar surface area (TPSA) is 86.5 Å². The summed E-state index contributed by atoms with van der Waals surface area (Å²) >= 11 is 0. The van der Waals surface area contributed by atoms with Crippen molar-refractivity contribution in [2.24, 2.45) is 5.73 Å². The minimum Gasteiger partial charge on any atom is -0.325 e. The summed E-state index contributed by atoms with van der Waals surface area (Å²) in [4.78, 5) is 3.70. The van der Waals surface area contributed by atoms with Crippen molar-refractivity contribution in [2.75, 3.05) is 0 Å². The van der Waals surface area contributed by atoms with Crippen LogP contribution >= 0.6 is 0 Å². The number of nitrogens with zero attached hydrogens (tertiary/aromatic N) is 3. The molecule has 0 aromatic carbocycles. The van der Waals surface area contributed by atoms with Crippen molar-refractivity contribution in [3.05, 3.63) is 28.6 Å². The van der Waals surface area contributed by atoms with Gasteiger partial charge in [-0.3, -0.25) is 0 Å². The first kappa shape index (κ1) is 12.0. The number of nitrogens with two attached hydrogens (primary N) is 1. The summed E-state index contributed by atoms with van der Waals surface area (Å²) in [7, 11) is 0. The van der Waals surface area contributed by atoms with E-state index in [0.29, 0.717) is 5.69 Å². The summed E-state index contributed by atoms with van der Waals surface area (Å²) in [6, 6.07) is 4.70. The molecular weight excluding hydrogens is 214 g/mol. The number of halogens is 2. The van der Waals surface area contributed by atoms with Gasteiger partial charge in [-0.05, 0) is 11.6 Å². The van der Waals surface area contributed by atoms with Crippen molar-refractivity contribution < 1.29 is 8.78 Å². The van der Waals surface area contributed by atoms with Crippen molar-refractivity contribution in [1.82, 2.24) is 4.98 Å². The third-order valence-corrected chi connectivity index (χ3v) is 2.00. The second-order valence-corrected chi connectivity index (χ2v) is 2.99. The highest BCUT2D eigenvalue weighted by Gasteiger charge is 2.20. The molecule has 0 amide bonds. The molecule has 1 rings (SSSR count). The maximum absolute atomic E-state index is 12.7. The molecule has 1 heterocycles. The second kappa shape index (κ2) is 5.15. The SMILES string of the molecule is N#CCc1cc(CN)nc(C#N)c1C(F)F. The van der Waals surface area contributed by atoms with Gasteiger partial charge in [-0.2, -0.15) is 10.5 Å². The zero-order valence-corrected chi connectivity index (χ0v) is 8.24. The molecule has 0 bridgehead atoms. The highest BCUT2D eigenvalue weighted by molar-refractivity contribution is 5.41. The van der Waals surface area contributed by atoms with Gasteiger partial charge in [0.2, 0.25) is 0 Å². The normalized spacial score (nSPS) is 9.88. The van der Waals surface area contributed by atoms with Crippen LogP contribution in [-0.2, 0) is 13.0 Å². The lowest BCUT2D eigenvalue weighted by Crippen LogP contribution is -2.07. The molecule has 16 heavy (non-hydrogen) atoms. The minimum absolute atomic E-state index is 0.0383. The van der Waals surface area contributed by atoms with Crippen molar-refractivity contribution >= 4 is 0 Å². The van der Waals surface area contributed by atoms with E-state index in [4.69, 9.17) is 16.3 Å². The molecule has 1 aromatic rings. The molecule has 0 aliphatic carbocycles. The molecule has 0 spiro atoms. The van der Waals surface area contributed by atoms with Gasteiger partial charge < -0.3 is 5.73 Å². The van der Waals surface area contributed by atoms with Crippen molar-refractivity contribution in [3.63, 3.8) is 0 Å². The smallest absolute Gasteiger partial charge is 0.266 e. The fourth-order valence-corrected chi connectivity index (χ4v) is 1.33. The van der Waals surface area contributed by atoms with Gasteiger partial charge in [-0.15, -0.1) is 0 Å². The first-order valence-electron chi connectivity index (χ1n) is 4.42. The van der Waals surface area contributed by atoms with Crippen LogP contribution in [0.3, 0.4) is 0 Å². The fourth-order valence-electron chi connectivity index (χ4n) is 1.33. The molecular formula is C10H8F2N4. The van der Waals surface area contributed by atoms with Crippen LogP contribution in [-0.4, -0.2) is 4.98 Å². The highest BCUT2D eigenvalue weighted by atomic mass is 19.3. The summed E-state index contributed by atoms with van der Waals surface area (Å²) in [6.07, 6.45) is -3.01. The minimum atomic E-state index is -2.82. The third-order valence-electron chi connectivity index (χ3n) is 2.00. The lowest BCUT2D eigenvalue weighted by Gasteiger charge is -2.09. The molecule has 0 aliphatic rings. The van der Waals surface area contributed by atoms with Crippen LogP contribution in [0.1, 0.15) is 28.9 Å². The van der Waals surface area contributed by atoms with Crippen LogP contribution < -0.4 is 5.73 Å². The first-order valence-corrected chi connectivity index (χ1v) is 4.42. The first-order chi connectivity index (χ1) is 7.63. The van der Waals surface area contributed by atoms with Gasteiger partial charge >= 0.3 is 0 Å². The van der Waals surface area contributed by atoms with Crippen molar-refractivity contribution in [2.45, 2.75) is 19.4 Å². The third kappa shape index (κ3) is 2.30. The number of pyridine rings is 1. The van der Waals surface area contributed by atoms with E-state index in [1.54, 1.807) is 12.1 Å². The van der Waals surface area contributed by atoms with Crippen LogP contribution in [0.15, 0.2) is 6.07 Å². The predicted octanol–water partition coefficient (Wildman–Crippen LogP) is 1.42. The summed E-state index contributed by atoms with van der Waals surface area (Å²) < 4.78 is 25.4. The second-order valence-electron chi connectivity index (χ2n) is 2.99. The Labute approximate surface area is 90.9 Å². The lowest BCUT2D eigenvalue weighted by atomic mass is 10.0. The quantitative estimate of drug-likeness (QED) is 0.837. The van der Waals surface area contributed by atoms with E-state index in [1.807, 2.05) is 0 Å². The van der Waals surface area contributed by atoms with Crippen molar-refractivity contribution in [3.8, 4) is 12.1 Å². The summed E-state index contributed by atoms with van der Waals surface area (Å²) in [5.74, 6) is 0. The molecule has 4 nitrogen and oxygen atoms in total. The molecule has 0 atom stereocenters. The predicted molar refractivity (Wildman–Crippen MR) is 51.1 cm³/mol. The average molecular weight is 222 g/mol. The Balaban J connectivity index is 3.43. The zero-order valence-electron chi connectivity index (χ0n) is 8.24. The molecule has 2 N–H and O–H groups in total. The van der Waals surface area contributed by atoms with Crippen molar-refractivity contribution in [1.29, 1.82) is 10.5 Å². The number of hydrogen-bond acceptors (Lipinski definition) is 4. The van der Waals surface area contributed by atoms with E-state index < -0.39 is 12.0 Å². The summed E-state index contributed by atoms with van der Waals surface area (Å²) in [5.41, 5.74) is 4.93. The van der Waals surface area contributed by atoms with E-state index >= 15 is 0 Å². The highest BCUT2D eigenvalue weighted by Crippen LogP contribution is 2.26. The Hall–Kier alpha value is -2.05. The van der Waals surface area contributed by atoms with Gasteiger partial charge in [0.25, 0.3) is 6.43 Å². The molecule has 6 heteroatoms. The van der Waals surface area contributed by atoms with Gasteiger partial charge in [-0.25, -0.2) is 13.8 Å². The Morgan fingerprint density at radius 1 is 1.44 bits per heavy atom. The van der Waals surface area contributed by atoms with E-state index in [2.05, 4.69) is 4.98 Å². The van der Waals surface area contributed by atoms with Crippen LogP contribution in [0.25, 0.3) is 0 Å². The van der Waals surface area contributed by atoms with Gasteiger partial charge in [0, 0.05) is 6.54 Å². The van der Waals surface area contributed by atoms with E-state index in [0.717, 1.165) is 0 Å². The molecule has 1 aromatic heterocycles. The Kier molecular flexibility index (Phi) is 3.87. The standard InChI is InChI=1S/C10H8F2N4/c11-10(12)9-6(1-2-13)3-7(4-14)16-8(9)5-15/h3,10H,1,4,14H2. The Bertz CT molecular complexity index is 471. The molecule has 0 radical (unpaired) electrons. The fraction of sp³-hybridized carbons (Fsp3) is 0.300. The number of aromatic nitrogens is 1. The molecule has 82 valence electrons. The number of rotatable bonds is 3. The van der Waals surface area contributed by atoms with Crippen LogP contribution in [0.5, 0.6) is 0 Å². The van der Waals surface area contributed by atoms with Crippen LogP contribution in [0.4, 0.5) is 8.78 Å². The summed E-state index contributed by atoms with van der Waals surface area (Å²) in [5, 5.41) is 17.2. The largest absolute Gasteiger partial charge is 0.325 e. The Morgan fingerprint density at radius 2 is 2.12 bits per heavy atom. The molecule has 0 saturated carbocycles. The van der Waals surface area contributed by atoms with Gasteiger partial charge in [0.15, 0.2) is 0 Å². The summed E-state index contributed by atoms with van der Waals surface area (Å²) in [6.45, 7) is 0.0383. The van der Waals surface area contributed by atoms with Crippen LogP contribution in [0, 0.1) is 22.7 Å². The molecule has 0 fully saturated rings. The number of nitriles is 2. The Morgan fingerprint density at radius 3 is 2.56 bits per heavy atom.